The summed E-state index contributed by atoms with van der Waals surface area (Å²) in [6, 6.07) is 5.22. The lowest BCUT2D eigenvalue weighted by Gasteiger charge is -2.29. The summed E-state index contributed by atoms with van der Waals surface area (Å²) in [7, 11) is -12.5. The minimum Gasteiger partial charge on any atom is -0.347 e. The highest BCUT2D eigenvalue weighted by molar-refractivity contribution is 7.92. The van der Waals surface area contributed by atoms with Crippen LogP contribution in [-0.2, 0) is 76.5 Å². The number of phosphoric acid groups is 1. The Morgan fingerprint density at radius 1 is 0.987 bits per heavy atom. The molecule has 2 aliphatic carbocycles. The van der Waals surface area contributed by atoms with Gasteiger partial charge in [0.15, 0.2) is 21.3 Å². The predicted octanol–water partition coefficient (Wildman–Crippen LogP) is 7.27. The molecule has 0 saturated heterocycles. The number of halogens is 11. The zero-order chi connectivity index (χ0) is 55.8. The number of phosphoric ester groups is 1. The van der Waals surface area contributed by atoms with Crippen molar-refractivity contribution in [2.24, 2.45) is 5.92 Å². The molecule has 4 atom stereocenters. The van der Waals surface area contributed by atoms with Gasteiger partial charge in [-0.2, -0.15) is 45.3 Å². The molecule has 1 fully saturated rings. The number of methoxy groups -OCH3 is 1. The number of aryl methyl sites for hydroxylation is 1. The molecule has 1 saturated carbocycles. The van der Waals surface area contributed by atoms with Crippen LogP contribution in [0.4, 0.5) is 49.7 Å². The second-order valence-electron chi connectivity index (χ2n) is 18.5. The molecular weight excluding hydrogens is 1110 g/mol. The maximum Gasteiger partial charge on any atom is 0.469 e. The molecule has 75 heavy (non-hydrogen) atoms. The largest absolute Gasteiger partial charge is 0.469 e. The van der Waals surface area contributed by atoms with Crippen molar-refractivity contribution < 1.29 is 89.1 Å². The number of carbonyl (C=O) groups is 1. The number of nitrogens with zero attached hydrogens (tertiary/aromatic N) is 6. The number of ether oxygens (including phenoxy) is 1. The first kappa shape index (κ1) is 57.8. The molecule has 0 bridgehead atoms. The first-order valence-electron chi connectivity index (χ1n) is 22.1. The van der Waals surface area contributed by atoms with Gasteiger partial charge in [0.25, 0.3) is 5.92 Å². The molecule has 2 aliphatic rings. The predicted molar refractivity (Wildman–Crippen MR) is 248 cm³/mol. The average Bonchev–Trinajstić information content (AvgIpc) is 3.77. The summed E-state index contributed by atoms with van der Waals surface area (Å²) in [6.07, 6.45) is -11.9. The third-order valence-electron chi connectivity index (χ3n) is 12.6. The highest BCUT2D eigenvalue weighted by atomic mass is 35.5. The van der Waals surface area contributed by atoms with E-state index >= 15 is 8.78 Å². The maximum atomic E-state index is 15.6. The molecule has 0 radical (unpaired) electrons. The average molecular weight is 1160 g/mol. The number of pyridine rings is 1. The van der Waals surface area contributed by atoms with Gasteiger partial charge in [-0.05, 0) is 75.3 Å². The number of amides is 1. The van der Waals surface area contributed by atoms with Gasteiger partial charge in [-0.1, -0.05) is 23.7 Å². The molecule has 2 aromatic carbocycles. The molecule has 32 heteroatoms. The number of anilines is 1. The van der Waals surface area contributed by atoms with Gasteiger partial charge in [-0.3, -0.25) is 29.0 Å². The van der Waals surface area contributed by atoms with Gasteiger partial charge in [0.1, 0.15) is 30.4 Å². The Hall–Kier alpha value is -4.94. The molecule has 2 unspecified atom stereocenters. The van der Waals surface area contributed by atoms with Gasteiger partial charge in [0, 0.05) is 54.3 Å². The molecule has 18 nitrogen and oxygen atoms in total. The van der Waals surface area contributed by atoms with Crippen molar-refractivity contribution >= 4 is 61.9 Å². The van der Waals surface area contributed by atoms with E-state index in [1.165, 1.54) is 26.0 Å². The molecule has 1 amide bonds. The Balaban J connectivity index is 1.45. The van der Waals surface area contributed by atoms with Gasteiger partial charge < -0.3 is 19.8 Å². The fourth-order valence-electron chi connectivity index (χ4n) is 8.88. The molecule has 5 aromatic rings. The van der Waals surface area contributed by atoms with Crippen LogP contribution >= 0.6 is 19.4 Å². The summed E-state index contributed by atoms with van der Waals surface area (Å²) >= 11 is 6.71. The van der Waals surface area contributed by atoms with Crippen LogP contribution in [0.5, 0.6) is 0 Å². The van der Waals surface area contributed by atoms with Crippen molar-refractivity contribution in [3.8, 4) is 11.1 Å². The van der Waals surface area contributed by atoms with Crippen molar-refractivity contribution in [3.63, 3.8) is 0 Å². The number of benzene rings is 2. The van der Waals surface area contributed by atoms with Crippen LogP contribution in [0.3, 0.4) is 0 Å². The molecule has 0 aliphatic heterocycles. The molecule has 3 aromatic heterocycles. The number of fused-ring (bicyclic) bond motifs is 4. The standard InChI is InChI=1S/C43H46ClF10N8O10PS2/c1-40(2,74(4,67)68)11-10-24-6-7-25(26-8-9-29(44)33-35(26)61(20-41(47,48)49)59-38(33)62(75(5,69)70)39(71-3)55-12-13-72-73(64,65)66)34(56-24)30(16-21-14-22(45)17-23(46)15-21)57-31(63)19-60-37-32(36(58-60)43(52,53)54)27-18-28(27)42(37,50)51/h6-9,14-15,17,27-28,30,39,55H,10-13,16,18-20H2,1-5H3,(H,57,63)(H2,64,65,66)/t27-,28?,30-,39?/m0/s1. The monoisotopic (exact) mass is 1150 g/mol. The number of hydrogen-bond acceptors (Lipinski definition) is 12. The summed E-state index contributed by atoms with van der Waals surface area (Å²) in [4.78, 5) is 37.2. The first-order chi connectivity index (χ1) is 34.4. The van der Waals surface area contributed by atoms with Crippen molar-refractivity contribution in [1.82, 2.24) is 35.2 Å². The van der Waals surface area contributed by atoms with Crippen LogP contribution < -0.4 is 14.9 Å². The number of sulfonamides is 1. The van der Waals surface area contributed by atoms with Crippen LogP contribution in [0.2, 0.25) is 5.02 Å². The van der Waals surface area contributed by atoms with Crippen LogP contribution in [0, 0.1) is 17.6 Å². The second-order valence-corrected chi connectivity index (χ2v) is 24.7. The van der Waals surface area contributed by atoms with Crippen molar-refractivity contribution in [2.75, 3.05) is 37.1 Å². The minimum atomic E-state index is -5.22. The van der Waals surface area contributed by atoms with E-state index in [9.17, 15) is 61.3 Å². The zero-order valence-electron chi connectivity index (χ0n) is 39.8. The number of alkyl halides is 8. The topological polar surface area (TPSA) is 237 Å². The highest BCUT2D eigenvalue weighted by Crippen LogP contribution is 2.68. The Labute approximate surface area is 425 Å². The van der Waals surface area contributed by atoms with Crippen LogP contribution in [-0.4, -0.2) is 107 Å². The Kier molecular flexibility index (Phi) is 15.8. The van der Waals surface area contributed by atoms with E-state index in [1.54, 1.807) is 0 Å². The summed E-state index contributed by atoms with van der Waals surface area (Å²) < 4.78 is 221. The molecular formula is C43H46ClF10N8O10PS2. The Bertz CT molecular complexity index is 3300. The van der Waals surface area contributed by atoms with E-state index in [2.05, 4.69) is 25.4 Å². The first-order valence-corrected chi connectivity index (χ1v) is 27.8. The summed E-state index contributed by atoms with van der Waals surface area (Å²) in [6.45, 7) is -1.73. The smallest absolute Gasteiger partial charge is 0.347 e. The lowest BCUT2D eigenvalue weighted by atomic mass is 9.93. The zero-order valence-corrected chi connectivity index (χ0v) is 43.1. The van der Waals surface area contributed by atoms with Gasteiger partial charge in [0.2, 0.25) is 22.3 Å². The molecule has 412 valence electrons. The third kappa shape index (κ3) is 12.6. The number of aromatic nitrogens is 5. The van der Waals surface area contributed by atoms with Gasteiger partial charge in [-0.25, -0.2) is 34.5 Å². The highest BCUT2D eigenvalue weighted by Gasteiger charge is 2.68. The van der Waals surface area contributed by atoms with Gasteiger partial charge in [0.05, 0.1) is 45.3 Å². The minimum absolute atomic E-state index is 0.0448. The van der Waals surface area contributed by atoms with E-state index in [0.717, 1.165) is 37.6 Å². The third-order valence-corrected chi connectivity index (χ3v) is 16.7. The van der Waals surface area contributed by atoms with E-state index in [-0.39, 0.29) is 52.0 Å². The molecule has 0 spiro atoms. The quantitative estimate of drug-likeness (QED) is 0.0245. The van der Waals surface area contributed by atoms with Crippen molar-refractivity contribution in [3.05, 3.63) is 93.0 Å². The second kappa shape index (κ2) is 20.5. The molecule has 4 N–H and O–H groups in total. The maximum absolute atomic E-state index is 15.6. The van der Waals surface area contributed by atoms with Crippen molar-refractivity contribution in [1.29, 1.82) is 0 Å². The van der Waals surface area contributed by atoms with E-state index in [0.29, 0.717) is 21.3 Å². The summed E-state index contributed by atoms with van der Waals surface area (Å²) in [5, 5.41) is 11.5. The summed E-state index contributed by atoms with van der Waals surface area (Å²) in [5.41, 5.74) is -5.23. The van der Waals surface area contributed by atoms with Crippen molar-refractivity contribution in [2.45, 2.75) is 94.0 Å². The lowest BCUT2D eigenvalue weighted by Crippen LogP contribution is -2.51. The van der Waals surface area contributed by atoms with Gasteiger partial charge >= 0.3 is 20.2 Å². The van der Waals surface area contributed by atoms with Crippen LogP contribution in [0.1, 0.15) is 72.6 Å². The normalized spacial score (nSPS) is 17.7. The lowest BCUT2D eigenvalue weighted by molar-refractivity contribution is -0.143. The van der Waals surface area contributed by atoms with E-state index in [4.69, 9.17) is 31.1 Å². The molecule has 3 heterocycles. The fourth-order valence-corrected chi connectivity index (χ4v) is 10.9. The number of sulfone groups is 1. The number of nitrogens with one attached hydrogen (secondary N) is 2. The fraction of sp³-hybridized carbons (Fsp3) is 0.488. The van der Waals surface area contributed by atoms with E-state index in [1.807, 2.05) is 0 Å². The Morgan fingerprint density at radius 2 is 1.63 bits per heavy atom. The molecule has 7 rings (SSSR count). The summed E-state index contributed by atoms with van der Waals surface area (Å²) in [5.74, 6) is -10.9. The van der Waals surface area contributed by atoms with E-state index < -0.39 is 164 Å². The number of carbonyl (C=O) groups excluding carboxylic acids is 1. The SMILES string of the molecule is COC(NCCOP(=O)(O)O)N(c1nn(CC(F)(F)F)c2c(-c3ccc(CCC(C)(C)S(C)(=O)=O)nc3[C@H](Cc3cc(F)cc(F)c3)NC(=O)Cn3nc(C(F)(F)F)c4c3C(F)(F)C3C[C@H]43)ccc(Cl)c12)S(C)(=O)=O. The number of rotatable bonds is 21. The number of hydrogen-bond donors (Lipinski definition) is 4. The Morgan fingerprint density at radius 3 is 2.20 bits per heavy atom. The van der Waals surface area contributed by atoms with Gasteiger partial charge in [-0.15, -0.1) is 0 Å². The van der Waals surface area contributed by atoms with Crippen LogP contribution in [0.25, 0.3) is 22.0 Å². The van der Waals surface area contributed by atoms with Crippen LogP contribution in [0.15, 0.2) is 42.5 Å².